The van der Waals surface area contributed by atoms with Gasteiger partial charge in [-0.15, -0.1) is 0 Å². The number of anilines is 2. The van der Waals surface area contributed by atoms with Crippen LogP contribution >= 0.6 is 23.2 Å². The monoisotopic (exact) mass is 459 g/mol. The summed E-state index contributed by atoms with van der Waals surface area (Å²) in [6.45, 7) is 1.22. The van der Waals surface area contributed by atoms with E-state index in [2.05, 4.69) is 5.32 Å². The van der Waals surface area contributed by atoms with E-state index in [1.807, 2.05) is 0 Å². The molecule has 2 aromatic carbocycles. The summed E-state index contributed by atoms with van der Waals surface area (Å²) in [7, 11) is 0. The molecule has 0 bridgehead atoms. The number of piperidine rings is 1. The highest BCUT2D eigenvalue weighted by molar-refractivity contribution is 6.42. The fourth-order valence-electron chi connectivity index (χ4n) is 4.12. The van der Waals surface area contributed by atoms with Gasteiger partial charge >= 0.3 is 0 Å². The molecule has 0 saturated carbocycles. The molecule has 2 aromatic rings. The van der Waals surface area contributed by atoms with Crippen molar-refractivity contribution >= 4 is 52.3 Å². The molecule has 2 saturated heterocycles. The summed E-state index contributed by atoms with van der Waals surface area (Å²) in [6.07, 6.45) is 3.73. The summed E-state index contributed by atoms with van der Waals surface area (Å²) in [6, 6.07) is 11.4. The second kappa shape index (κ2) is 9.28. The summed E-state index contributed by atoms with van der Waals surface area (Å²) in [5, 5.41) is 3.61. The first-order valence-corrected chi connectivity index (χ1v) is 11.2. The van der Waals surface area contributed by atoms with Crippen LogP contribution in [0.15, 0.2) is 42.5 Å². The molecule has 162 valence electrons. The average Bonchev–Trinajstić information content (AvgIpc) is 3.21. The predicted octanol–water partition coefficient (Wildman–Crippen LogP) is 4.75. The Bertz CT molecular complexity index is 1010. The fraction of sp³-hybridized carbons (Fsp3) is 0.348. The Balaban J connectivity index is 1.48. The van der Waals surface area contributed by atoms with E-state index in [0.29, 0.717) is 47.2 Å². The molecule has 1 unspecified atom stereocenters. The van der Waals surface area contributed by atoms with Gasteiger partial charge in [-0.2, -0.15) is 0 Å². The second-order valence-corrected chi connectivity index (χ2v) is 8.64. The maximum absolute atomic E-state index is 13.2. The molecular formula is C23H23Cl2N3O3. The lowest BCUT2D eigenvalue weighted by Crippen LogP contribution is -2.50. The van der Waals surface area contributed by atoms with E-state index >= 15 is 0 Å². The van der Waals surface area contributed by atoms with Crippen LogP contribution in [-0.2, 0) is 9.59 Å². The number of carbonyl (C=O) groups excluding carboxylic acids is 3. The Morgan fingerprint density at radius 3 is 2.39 bits per heavy atom. The zero-order valence-corrected chi connectivity index (χ0v) is 18.5. The van der Waals surface area contributed by atoms with Crippen LogP contribution in [0.4, 0.5) is 11.4 Å². The van der Waals surface area contributed by atoms with Crippen molar-refractivity contribution in [1.82, 2.24) is 4.90 Å². The van der Waals surface area contributed by atoms with E-state index in [4.69, 9.17) is 23.2 Å². The first kappa shape index (κ1) is 21.7. The van der Waals surface area contributed by atoms with Crippen molar-refractivity contribution < 1.29 is 14.4 Å². The molecule has 3 amide bonds. The van der Waals surface area contributed by atoms with Gasteiger partial charge in [0.05, 0.1) is 10.0 Å². The smallest absolute Gasteiger partial charge is 0.254 e. The van der Waals surface area contributed by atoms with Crippen molar-refractivity contribution in [1.29, 1.82) is 0 Å². The number of nitrogens with one attached hydrogen (secondary N) is 1. The first-order valence-electron chi connectivity index (χ1n) is 10.4. The van der Waals surface area contributed by atoms with Gasteiger partial charge in [0.2, 0.25) is 11.8 Å². The Labute approximate surface area is 191 Å². The Morgan fingerprint density at radius 2 is 1.71 bits per heavy atom. The van der Waals surface area contributed by atoms with E-state index in [9.17, 15) is 14.4 Å². The number of carbonyl (C=O) groups is 3. The minimum atomic E-state index is -0.560. The molecule has 1 atom stereocenters. The molecule has 0 spiro atoms. The van der Waals surface area contributed by atoms with Crippen molar-refractivity contribution in [2.75, 3.05) is 23.3 Å². The van der Waals surface area contributed by atoms with Crippen LogP contribution in [0, 0.1) is 0 Å². The summed E-state index contributed by atoms with van der Waals surface area (Å²) in [5.41, 5.74) is 1.84. The fourth-order valence-corrected chi connectivity index (χ4v) is 4.42. The molecule has 6 nitrogen and oxygen atoms in total. The van der Waals surface area contributed by atoms with Gasteiger partial charge in [-0.05, 0) is 68.1 Å². The molecule has 0 radical (unpaired) electrons. The lowest BCUT2D eigenvalue weighted by Gasteiger charge is -2.35. The molecule has 2 fully saturated rings. The van der Waals surface area contributed by atoms with Gasteiger partial charge in [0, 0.05) is 36.4 Å². The van der Waals surface area contributed by atoms with Crippen LogP contribution in [0.25, 0.3) is 0 Å². The predicted molar refractivity (Wildman–Crippen MR) is 122 cm³/mol. The van der Waals surface area contributed by atoms with E-state index < -0.39 is 6.04 Å². The van der Waals surface area contributed by atoms with Gasteiger partial charge in [-0.25, -0.2) is 0 Å². The first-order chi connectivity index (χ1) is 14.9. The Morgan fingerprint density at radius 1 is 0.935 bits per heavy atom. The molecule has 31 heavy (non-hydrogen) atoms. The van der Waals surface area contributed by atoms with Gasteiger partial charge in [-0.3, -0.25) is 14.4 Å². The molecule has 0 aromatic heterocycles. The van der Waals surface area contributed by atoms with E-state index in [1.165, 1.54) is 0 Å². The van der Waals surface area contributed by atoms with Gasteiger partial charge in [-0.1, -0.05) is 23.2 Å². The number of halogens is 2. The van der Waals surface area contributed by atoms with E-state index in [0.717, 1.165) is 24.9 Å². The van der Waals surface area contributed by atoms with Crippen molar-refractivity contribution in [2.24, 2.45) is 0 Å². The highest BCUT2D eigenvalue weighted by Gasteiger charge is 2.33. The number of nitrogens with zero attached hydrogens (tertiary/aromatic N) is 2. The third-order valence-corrected chi connectivity index (χ3v) is 6.49. The molecule has 2 heterocycles. The van der Waals surface area contributed by atoms with E-state index in [-0.39, 0.29) is 17.7 Å². The minimum absolute atomic E-state index is 0.106. The van der Waals surface area contributed by atoms with Crippen LogP contribution in [0.5, 0.6) is 0 Å². The summed E-state index contributed by atoms with van der Waals surface area (Å²) >= 11 is 12.0. The summed E-state index contributed by atoms with van der Waals surface area (Å²) in [4.78, 5) is 41.4. The summed E-state index contributed by atoms with van der Waals surface area (Å²) in [5.74, 6) is -0.326. The SMILES string of the molecule is O=C(Nc1ccc(Cl)c(Cl)c1)C1CCCCN1C(=O)c1ccc(N2CCCC2=O)cc1. The zero-order chi connectivity index (χ0) is 22.0. The summed E-state index contributed by atoms with van der Waals surface area (Å²) < 4.78 is 0. The molecule has 8 heteroatoms. The Kier molecular flexibility index (Phi) is 6.49. The standard InChI is InChI=1S/C23H23Cl2N3O3/c24-18-11-8-16(14-19(18)25)26-22(30)20-4-1-2-12-28(20)23(31)15-6-9-17(10-7-15)27-13-3-5-21(27)29/h6-11,14,20H,1-5,12-13H2,(H,26,30). The van der Waals surface area contributed by atoms with Crippen molar-refractivity contribution in [2.45, 2.75) is 38.1 Å². The second-order valence-electron chi connectivity index (χ2n) is 7.82. The Hall–Kier alpha value is -2.57. The molecule has 2 aliphatic rings. The van der Waals surface area contributed by atoms with Gasteiger partial charge in [0.1, 0.15) is 6.04 Å². The lowest BCUT2D eigenvalue weighted by molar-refractivity contribution is -0.121. The number of hydrogen-bond acceptors (Lipinski definition) is 3. The number of benzene rings is 2. The third kappa shape index (κ3) is 4.70. The number of rotatable bonds is 4. The van der Waals surface area contributed by atoms with Gasteiger partial charge in [0.15, 0.2) is 0 Å². The lowest BCUT2D eigenvalue weighted by atomic mass is 9.99. The topological polar surface area (TPSA) is 69.7 Å². The van der Waals surface area contributed by atoms with Crippen molar-refractivity contribution in [3.8, 4) is 0 Å². The highest BCUT2D eigenvalue weighted by Crippen LogP contribution is 2.27. The molecule has 1 N–H and O–H groups in total. The average molecular weight is 460 g/mol. The minimum Gasteiger partial charge on any atom is -0.327 e. The number of amides is 3. The molecule has 2 aliphatic heterocycles. The normalized spacial score (nSPS) is 18.9. The molecule has 0 aliphatic carbocycles. The number of likely N-dealkylation sites (tertiary alicyclic amines) is 1. The molecule has 4 rings (SSSR count). The van der Waals surface area contributed by atoms with Crippen LogP contribution in [0.1, 0.15) is 42.5 Å². The maximum atomic E-state index is 13.2. The maximum Gasteiger partial charge on any atom is 0.254 e. The quantitative estimate of drug-likeness (QED) is 0.716. The van der Waals surface area contributed by atoms with Crippen molar-refractivity contribution in [3.05, 3.63) is 58.1 Å². The van der Waals surface area contributed by atoms with Crippen LogP contribution < -0.4 is 10.2 Å². The van der Waals surface area contributed by atoms with Crippen molar-refractivity contribution in [3.63, 3.8) is 0 Å². The van der Waals surface area contributed by atoms with Crippen LogP contribution in [0.3, 0.4) is 0 Å². The van der Waals surface area contributed by atoms with Gasteiger partial charge in [0.25, 0.3) is 5.91 Å². The number of hydrogen-bond donors (Lipinski definition) is 1. The largest absolute Gasteiger partial charge is 0.327 e. The van der Waals surface area contributed by atoms with Crippen LogP contribution in [0.2, 0.25) is 10.0 Å². The van der Waals surface area contributed by atoms with E-state index in [1.54, 1.807) is 52.3 Å². The molecular weight excluding hydrogens is 437 g/mol. The van der Waals surface area contributed by atoms with Crippen LogP contribution in [-0.4, -0.2) is 41.8 Å². The third-order valence-electron chi connectivity index (χ3n) is 5.75. The van der Waals surface area contributed by atoms with Gasteiger partial charge < -0.3 is 15.1 Å². The highest BCUT2D eigenvalue weighted by atomic mass is 35.5. The zero-order valence-electron chi connectivity index (χ0n) is 16.9.